The van der Waals surface area contributed by atoms with Crippen LogP contribution < -0.4 is 4.90 Å². The lowest BCUT2D eigenvalue weighted by molar-refractivity contribution is -0.132. The van der Waals surface area contributed by atoms with Crippen LogP contribution in [-0.2, 0) is 9.59 Å². The first-order chi connectivity index (χ1) is 16.0. The van der Waals surface area contributed by atoms with Crippen molar-refractivity contribution in [2.75, 3.05) is 4.90 Å². The first kappa shape index (κ1) is 20.9. The van der Waals surface area contributed by atoms with E-state index in [2.05, 4.69) is 4.98 Å². The number of carbonyl (C=O) groups excluding carboxylic acids is 2. The Morgan fingerprint density at radius 3 is 2.48 bits per heavy atom. The summed E-state index contributed by atoms with van der Waals surface area (Å²) in [7, 11) is 0. The number of amides is 1. The van der Waals surface area contributed by atoms with Gasteiger partial charge in [-0.15, -0.1) is 0 Å². The number of hydrogen-bond donors (Lipinski definition) is 1. The Morgan fingerprint density at radius 1 is 0.970 bits per heavy atom. The van der Waals surface area contributed by atoms with Gasteiger partial charge in [0, 0.05) is 28.7 Å². The van der Waals surface area contributed by atoms with Crippen molar-refractivity contribution in [1.82, 2.24) is 4.98 Å². The molecule has 0 aliphatic carbocycles. The highest BCUT2D eigenvalue weighted by Crippen LogP contribution is 2.44. The van der Waals surface area contributed by atoms with E-state index in [0.717, 1.165) is 16.3 Å². The number of fused-ring (bicyclic) bond motifs is 1. The Labute approximate surface area is 195 Å². The number of Topliss-reactive ketones (excluding diaryl/α,β-unsaturated/α-hetero) is 1. The number of aryl methyl sites for hydroxylation is 1. The zero-order chi connectivity index (χ0) is 23.1. The fourth-order valence-electron chi connectivity index (χ4n) is 4.36. The van der Waals surface area contributed by atoms with Gasteiger partial charge in [0.15, 0.2) is 0 Å². The number of rotatable bonds is 3. The molecule has 1 fully saturated rings. The monoisotopic (exact) mass is 454 g/mol. The zero-order valence-corrected chi connectivity index (χ0v) is 18.5. The molecule has 3 aromatic carbocycles. The summed E-state index contributed by atoms with van der Waals surface area (Å²) >= 11 is 6.24. The smallest absolute Gasteiger partial charge is 0.300 e. The number of anilines is 1. The molecule has 5 nitrogen and oxygen atoms in total. The molecule has 4 aromatic rings. The topological polar surface area (TPSA) is 70.5 Å². The van der Waals surface area contributed by atoms with Crippen molar-refractivity contribution in [2.45, 2.75) is 13.0 Å². The molecule has 0 saturated carbocycles. The number of benzene rings is 3. The van der Waals surface area contributed by atoms with Crippen LogP contribution in [0.4, 0.5) is 5.69 Å². The van der Waals surface area contributed by atoms with Gasteiger partial charge >= 0.3 is 0 Å². The fraction of sp³-hybridized carbons (Fsp3) is 0.0741. The lowest BCUT2D eigenvalue weighted by Crippen LogP contribution is -2.30. The minimum Gasteiger partial charge on any atom is -0.507 e. The van der Waals surface area contributed by atoms with Gasteiger partial charge in [0.1, 0.15) is 5.76 Å². The molecule has 33 heavy (non-hydrogen) atoms. The van der Waals surface area contributed by atoms with E-state index in [1.165, 1.54) is 4.90 Å². The maximum Gasteiger partial charge on any atom is 0.300 e. The molecule has 1 aliphatic rings. The van der Waals surface area contributed by atoms with Gasteiger partial charge in [-0.3, -0.25) is 19.5 Å². The van der Waals surface area contributed by atoms with Gasteiger partial charge in [-0.2, -0.15) is 0 Å². The number of aliphatic hydroxyl groups is 1. The molecule has 1 amide bonds. The second-order valence-corrected chi connectivity index (χ2v) is 8.34. The lowest BCUT2D eigenvalue weighted by Gasteiger charge is -2.27. The van der Waals surface area contributed by atoms with Gasteiger partial charge in [-0.05, 0) is 53.1 Å². The van der Waals surface area contributed by atoms with Crippen molar-refractivity contribution in [3.63, 3.8) is 0 Å². The van der Waals surface area contributed by atoms with E-state index in [1.54, 1.807) is 48.8 Å². The Bertz CT molecular complexity index is 1440. The van der Waals surface area contributed by atoms with Gasteiger partial charge in [-0.1, -0.05) is 60.1 Å². The molecule has 2 heterocycles. The molecule has 1 saturated heterocycles. The number of halogens is 1. The van der Waals surface area contributed by atoms with E-state index >= 15 is 0 Å². The number of hydrogen-bond acceptors (Lipinski definition) is 4. The second kappa shape index (κ2) is 8.19. The third kappa shape index (κ3) is 3.47. The summed E-state index contributed by atoms with van der Waals surface area (Å²) in [5.41, 5.74) is 2.48. The van der Waals surface area contributed by atoms with E-state index < -0.39 is 17.7 Å². The Kier molecular flexibility index (Phi) is 5.19. The summed E-state index contributed by atoms with van der Waals surface area (Å²) in [6.07, 6.45) is 3.19. The molecule has 5 rings (SSSR count). The predicted molar refractivity (Wildman–Crippen MR) is 129 cm³/mol. The summed E-state index contributed by atoms with van der Waals surface area (Å²) in [5, 5.41) is 13.6. The number of carbonyl (C=O) groups is 2. The second-order valence-electron chi connectivity index (χ2n) is 7.91. The van der Waals surface area contributed by atoms with Crippen molar-refractivity contribution >= 4 is 45.5 Å². The molecule has 1 N–H and O–H groups in total. The normalized spacial score (nSPS) is 17.6. The highest BCUT2D eigenvalue weighted by Gasteiger charge is 2.47. The lowest BCUT2D eigenvalue weighted by atomic mass is 9.93. The zero-order valence-electron chi connectivity index (χ0n) is 17.7. The highest BCUT2D eigenvalue weighted by molar-refractivity contribution is 6.52. The van der Waals surface area contributed by atoms with Gasteiger partial charge in [0.2, 0.25) is 0 Å². The van der Waals surface area contributed by atoms with E-state index in [4.69, 9.17) is 11.6 Å². The van der Waals surface area contributed by atoms with E-state index in [1.807, 2.05) is 43.3 Å². The van der Waals surface area contributed by atoms with E-state index in [0.29, 0.717) is 21.8 Å². The van der Waals surface area contributed by atoms with E-state index in [9.17, 15) is 14.7 Å². The minimum absolute atomic E-state index is 0.0296. The number of ketones is 1. The molecule has 0 bridgehead atoms. The fourth-order valence-corrected chi connectivity index (χ4v) is 4.53. The molecular weight excluding hydrogens is 436 g/mol. The molecule has 0 radical (unpaired) electrons. The summed E-state index contributed by atoms with van der Waals surface area (Å²) in [6.45, 7) is 1.85. The quantitative estimate of drug-likeness (QED) is 0.240. The summed E-state index contributed by atoms with van der Waals surface area (Å²) in [4.78, 5) is 32.2. The predicted octanol–water partition coefficient (Wildman–Crippen LogP) is 5.82. The maximum absolute atomic E-state index is 13.4. The van der Waals surface area contributed by atoms with Crippen LogP contribution in [0, 0.1) is 6.92 Å². The summed E-state index contributed by atoms with van der Waals surface area (Å²) in [5.74, 6) is -1.68. The van der Waals surface area contributed by atoms with Crippen molar-refractivity contribution < 1.29 is 14.7 Å². The number of aromatic nitrogens is 1. The average molecular weight is 455 g/mol. The van der Waals surface area contributed by atoms with Gasteiger partial charge in [0.25, 0.3) is 11.7 Å². The number of aliphatic hydroxyl groups excluding tert-OH is 1. The standard InChI is InChI=1S/C27H19ClN2O3/c1-16-9-10-19(28)15-22(16)30-24(18-11-13-29-14-12-18)23(26(32)27(30)33)25(31)21-8-4-6-17-5-2-3-7-20(17)21/h2-15,24,31H,1H3/b25-23-. The first-order valence-electron chi connectivity index (χ1n) is 10.4. The average Bonchev–Trinajstić information content (AvgIpc) is 3.10. The van der Waals surface area contributed by atoms with Crippen LogP contribution in [0.2, 0.25) is 5.02 Å². The Hall–Kier alpha value is -3.96. The number of nitrogens with zero attached hydrogens (tertiary/aromatic N) is 2. The van der Waals surface area contributed by atoms with Crippen LogP contribution in [0.1, 0.15) is 22.7 Å². The minimum atomic E-state index is -0.830. The third-order valence-corrected chi connectivity index (χ3v) is 6.18. The molecule has 0 spiro atoms. The SMILES string of the molecule is Cc1ccc(Cl)cc1N1C(=O)C(=O)/C(=C(\O)c2cccc3ccccc23)C1c1ccncc1. The van der Waals surface area contributed by atoms with Crippen molar-refractivity contribution in [2.24, 2.45) is 0 Å². The van der Waals surface area contributed by atoms with Crippen LogP contribution in [0.5, 0.6) is 0 Å². The van der Waals surface area contributed by atoms with Crippen LogP contribution in [0.25, 0.3) is 16.5 Å². The molecule has 6 heteroatoms. The molecular formula is C27H19ClN2O3. The third-order valence-electron chi connectivity index (χ3n) is 5.94. The van der Waals surface area contributed by atoms with Crippen molar-refractivity contribution in [3.8, 4) is 0 Å². The van der Waals surface area contributed by atoms with Crippen LogP contribution in [0.3, 0.4) is 0 Å². The maximum atomic E-state index is 13.4. The molecule has 162 valence electrons. The van der Waals surface area contributed by atoms with Crippen molar-refractivity contribution in [3.05, 3.63) is 112 Å². The van der Waals surface area contributed by atoms with Crippen LogP contribution in [-0.4, -0.2) is 21.8 Å². The van der Waals surface area contributed by atoms with Crippen LogP contribution >= 0.6 is 11.6 Å². The first-order valence-corrected chi connectivity index (χ1v) is 10.8. The van der Waals surface area contributed by atoms with Gasteiger partial charge in [-0.25, -0.2) is 0 Å². The molecule has 1 aliphatic heterocycles. The highest BCUT2D eigenvalue weighted by atomic mass is 35.5. The molecule has 1 atom stereocenters. The van der Waals surface area contributed by atoms with Gasteiger partial charge < -0.3 is 5.11 Å². The van der Waals surface area contributed by atoms with Crippen molar-refractivity contribution in [1.29, 1.82) is 0 Å². The van der Waals surface area contributed by atoms with E-state index in [-0.39, 0.29) is 11.3 Å². The largest absolute Gasteiger partial charge is 0.507 e. The Morgan fingerprint density at radius 2 is 1.70 bits per heavy atom. The molecule has 1 aromatic heterocycles. The number of pyridine rings is 1. The molecule has 1 unspecified atom stereocenters. The van der Waals surface area contributed by atoms with Crippen LogP contribution in [0.15, 0.2) is 90.8 Å². The summed E-state index contributed by atoms with van der Waals surface area (Å²) < 4.78 is 0. The Balaban J connectivity index is 1.80. The van der Waals surface area contributed by atoms with Gasteiger partial charge in [0.05, 0.1) is 11.6 Å². The summed E-state index contributed by atoms with van der Waals surface area (Å²) in [6, 6.07) is 20.9.